The quantitative estimate of drug-likeness (QED) is 0.891. The molecule has 2 N–H and O–H groups in total. The van der Waals surface area contributed by atoms with Gasteiger partial charge in [0.25, 0.3) is 0 Å². The first-order valence-electron chi connectivity index (χ1n) is 7.75. The maximum Gasteiger partial charge on any atom is 0.227 e. The van der Waals surface area contributed by atoms with Crippen molar-refractivity contribution in [3.8, 4) is 11.5 Å². The average molecular weight is 312 g/mol. The van der Waals surface area contributed by atoms with Crippen molar-refractivity contribution in [1.29, 1.82) is 0 Å². The van der Waals surface area contributed by atoms with Crippen LogP contribution in [-0.2, 0) is 9.53 Å². The van der Waals surface area contributed by atoms with Gasteiger partial charge in [-0.2, -0.15) is 0 Å². The largest absolute Gasteiger partial charge is 0.457 e. The van der Waals surface area contributed by atoms with Gasteiger partial charge in [0, 0.05) is 18.8 Å². The second kappa shape index (κ2) is 7.76. The van der Waals surface area contributed by atoms with Crippen LogP contribution in [-0.4, -0.2) is 31.7 Å². The van der Waals surface area contributed by atoms with Gasteiger partial charge in [-0.05, 0) is 36.4 Å². The van der Waals surface area contributed by atoms with E-state index in [9.17, 15) is 4.79 Å². The molecule has 120 valence electrons. The summed E-state index contributed by atoms with van der Waals surface area (Å²) in [6.45, 7) is 2.22. The Labute approximate surface area is 135 Å². The molecule has 2 aromatic rings. The third kappa shape index (κ3) is 4.81. The molecule has 0 radical (unpaired) electrons. The van der Waals surface area contributed by atoms with Crippen molar-refractivity contribution in [2.24, 2.45) is 0 Å². The highest BCUT2D eigenvalue weighted by Gasteiger charge is 2.17. The predicted octanol–water partition coefficient (Wildman–Crippen LogP) is 2.80. The number of nitrogens with one attached hydrogen (secondary N) is 2. The highest BCUT2D eigenvalue weighted by atomic mass is 16.5. The SMILES string of the molecule is O=C(C[C@@H]1CNCCO1)Nc1ccc(Oc2ccccc2)cc1. The number of hydrogen-bond donors (Lipinski definition) is 2. The summed E-state index contributed by atoms with van der Waals surface area (Å²) in [7, 11) is 0. The number of para-hydroxylation sites is 1. The summed E-state index contributed by atoms with van der Waals surface area (Å²) in [5.41, 5.74) is 0.749. The van der Waals surface area contributed by atoms with Gasteiger partial charge in [-0.15, -0.1) is 0 Å². The molecule has 0 aromatic heterocycles. The van der Waals surface area contributed by atoms with Crippen molar-refractivity contribution < 1.29 is 14.3 Å². The van der Waals surface area contributed by atoms with E-state index in [0.29, 0.717) is 13.0 Å². The highest BCUT2D eigenvalue weighted by molar-refractivity contribution is 5.91. The normalized spacial score (nSPS) is 17.5. The van der Waals surface area contributed by atoms with Gasteiger partial charge >= 0.3 is 0 Å². The van der Waals surface area contributed by atoms with E-state index in [1.165, 1.54) is 0 Å². The van der Waals surface area contributed by atoms with E-state index in [0.717, 1.165) is 30.3 Å². The second-order valence-electron chi connectivity index (χ2n) is 5.39. The molecule has 1 saturated heterocycles. The Morgan fingerprint density at radius 3 is 2.57 bits per heavy atom. The molecule has 23 heavy (non-hydrogen) atoms. The molecule has 3 rings (SSSR count). The van der Waals surface area contributed by atoms with Gasteiger partial charge in [0.15, 0.2) is 0 Å². The number of ether oxygens (including phenoxy) is 2. The number of morpholine rings is 1. The third-order valence-corrected chi connectivity index (χ3v) is 3.53. The number of hydrogen-bond acceptors (Lipinski definition) is 4. The Kier molecular flexibility index (Phi) is 5.24. The van der Waals surface area contributed by atoms with Crippen LogP contribution in [0.2, 0.25) is 0 Å². The van der Waals surface area contributed by atoms with Gasteiger partial charge in [-0.1, -0.05) is 18.2 Å². The minimum Gasteiger partial charge on any atom is -0.457 e. The van der Waals surface area contributed by atoms with Gasteiger partial charge in [0.1, 0.15) is 11.5 Å². The lowest BCUT2D eigenvalue weighted by molar-refractivity contribution is -0.119. The van der Waals surface area contributed by atoms with Gasteiger partial charge in [-0.3, -0.25) is 4.79 Å². The van der Waals surface area contributed by atoms with Crippen molar-refractivity contribution in [2.45, 2.75) is 12.5 Å². The first-order valence-corrected chi connectivity index (χ1v) is 7.75. The molecule has 0 saturated carbocycles. The zero-order valence-electron chi connectivity index (χ0n) is 12.8. The van der Waals surface area contributed by atoms with Crippen LogP contribution < -0.4 is 15.4 Å². The lowest BCUT2D eigenvalue weighted by atomic mass is 10.2. The second-order valence-corrected chi connectivity index (χ2v) is 5.39. The summed E-state index contributed by atoms with van der Waals surface area (Å²) in [6.07, 6.45) is 0.305. The predicted molar refractivity (Wildman–Crippen MR) is 88.8 cm³/mol. The Hall–Kier alpha value is -2.37. The average Bonchev–Trinajstić information content (AvgIpc) is 2.58. The molecular formula is C18H20N2O3. The van der Waals surface area contributed by atoms with Crippen LogP contribution in [0.4, 0.5) is 5.69 Å². The summed E-state index contributed by atoms with van der Waals surface area (Å²) in [5.74, 6) is 1.47. The van der Waals surface area contributed by atoms with Crippen LogP contribution in [0, 0.1) is 0 Å². The standard InChI is InChI=1S/C18H20N2O3/c21-18(12-17-13-19-10-11-22-17)20-14-6-8-16(9-7-14)23-15-4-2-1-3-5-15/h1-9,17,19H,10-13H2,(H,20,21)/t17-/m1/s1. The van der Waals surface area contributed by atoms with Crippen molar-refractivity contribution >= 4 is 11.6 Å². The Morgan fingerprint density at radius 2 is 1.87 bits per heavy atom. The van der Waals surface area contributed by atoms with Crippen LogP contribution in [0.25, 0.3) is 0 Å². The molecule has 5 nitrogen and oxygen atoms in total. The maximum absolute atomic E-state index is 12.0. The molecule has 2 aromatic carbocycles. The number of benzene rings is 2. The Morgan fingerprint density at radius 1 is 1.13 bits per heavy atom. The fraction of sp³-hybridized carbons (Fsp3) is 0.278. The van der Waals surface area contributed by atoms with Crippen molar-refractivity contribution in [3.05, 3.63) is 54.6 Å². The fourth-order valence-electron chi connectivity index (χ4n) is 2.40. The minimum atomic E-state index is -0.0514. The molecule has 1 aliphatic rings. The molecular weight excluding hydrogens is 292 g/mol. The number of carbonyl (C=O) groups is 1. The summed E-state index contributed by atoms with van der Waals surface area (Å²) < 4.78 is 11.2. The maximum atomic E-state index is 12.0. The van der Waals surface area contributed by atoms with E-state index in [4.69, 9.17) is 9.47 Å². The van der Waals surface area contributed by atoms with Crippen molar-refractivity contribution in [3.63, 3.8) is 0 Å². The van der Waals surface area contributed by atoms with E-state index in [1.807, 2.05) is 54.6 Å². The number of rotatable bonds is 5. The Bertz CT molecular complexity index is 622. The van der Waals surface area contributed by atoms with Gasteiger partial charge in [-0.25, -0.2) is 0 Å². The number of anilines is 1. The highest BCUT2D eigenvalue weighted by Crippen LogP contribution is 2.22. The lowest BCUT2D eigenvalue weighted by Crippen LogP contribution is -2.40. The fourth-order valence-corrected chi connectivity index (χ4v) is 2.40. The monoisotopic (exact) mass is 312 g/mol. The van der Waals surface area contributed by atoms with E-state index < -0.39 is 0 Å². The summed E-state index contributed by atoms with van der Waals surface area (Å²) >= 11 is 0. The summed E-state index contributed by atoms with van der Waals surface area (Å²) in [5, 5.41) is 6.09. The zero-order valence-corrected chi connectivity index (χ0v) is 12.8. The molecule has 1 amide bonds. The zero-order chi connectivity index (χ0) is 15.9. The molecule has 1 atom stereocenters. The first-order chi connectivity index (χ1) is 11.3. The molecule has 0 bridgehead atoms. The number of carbonyl (C=O) groups excluding carboxylic acids is 1. The molecule has 0 spiro atoms. The topological polar surface area (TPSA) is 59.6 Å². The van der Waals surface area contributed by atoms with E-state index in [1.54, 1.807) is 0 Å². The lowest BCUT2D eigenvalue weighted by Gasteiger charge is -2.23. The molecule has 0 unspecified atom stereocenters. The summed E-state index contributed by atoms with van der Waals surface area (Å²) in [4.78, 5) is 12.0. The number of amides is 1. The van der Waals surface area contributed by atoms with Gasteiger partial charge in [0.05, 0.1) is 19.1 Å². The minimum absolute atomic E-state index is 0.0459. The third-order valence-electron chi connectivity index (χ3n) is 3.53. The first kappa shape index (κ1) is 15.5. The van der Waals surface area contributed by atoms with E-state index >= 15 is 0 Å². The summed E-state index contributed by atoms with van der Waals surface area (Å²) in [6, 6.07) is 16.9. The van der Waals surface area contributed by atoms with Crippen LogP contribution in [0.3, 0.4) is 0 Å². The van der Waals surface area contributed by atoms with Crippen molar-refractivity contribution in [2.75, 3.05) is 25.0 Å². The Balaban J connectivity index is 1.51. The van der Waals surface area contributed by atoms with E-state index in [2.05, 4.69) is 10.6 Å². The van der Waals surface area contributed by atoms with Crippen LogP contribution in [0.5, 0.6) is 11.5 Å². The molecule has 1 aliphatic heterocycles. The smallest absolute Gasteiger partial charge is 0.227 e. The molecule has 1 fully saturated rings. The van der Waals surface area contributed by atoms with Crippen LogP contribution in [0.15, 0.2) is 54.6 Å². The molecule has 0 aliphatic carbocycles. The van der Waals surface area contributed by atoms with Gasteiger partial charge in [0.2, 0.25) is 5.91 Å². The molecule has 5 heteroatoms. The van der Waals surface area contributed by atoms with Crippen LogP contribution >= 0.6 is 0 Å². The molecule has 1 heterocycles. The van der Waals surface area contributed by atoms with Gasteiger partial charge < -0.3 is 20.1 Å². The van der Waals surface area contributed by atoms with Crippen molar-refractivity contribution in [1.82, 2.24) is 5.32 Å². The van der Waals surface area contributed by atoms with Crippen LogP contribution in [0.1, 0.15) is 6.42 Å². The van der Waals surface area contributed by atoms with E-state index in [-0.39, 0.29) is 12.0 Å².